The highest BCUT2D eigenvalue weighted by atomic mass is 32.1. The maximum Gasteiger partial charge on any atom is 0.176 e. The van der Waals surface area contributed by atoms with E-state index in [-0.39, 0.29) is 17.8 Å². The van der Waals surface area contributed by atoms with Crippen molar-refractivity contribution in [2.45, 2.75) is 26.9 Å². The number of ketones is 1. The van der Waals surface area contributed by atoms with Gasteiger partial charge >= 0.3 is 0 Å². The van der Waals surface area contributed by atoms with Gasteiger partial charge in [-0.1, -0.05) is 57.2 Å². The van der Waals surface area contributed by atoms with Gasteiger partial charge in [0.2, 0.25) is 0 Å². The molecule has 2 heterocycles. The first-order valence-corrected chi connectivity index (χ1v) is 11.6. The molecule has 2 unspecified atom stereocenters. The predicted octanol–water partition coefficient (Wildman–Crippen LogP) is 4.60. The highest BCUT2D eigenvalue weighted by Gasteiger charge is 2.25. The van der Waals surface area contributed by atoms with E-state index in [2.05, 4.69) is 60.9 Å². The number of ether oxygens (including phenoxy) is 1. The van der Waals surface area contributed by atoms with E-state index in [0.29, 0.717) is 5.92 Å². The van der Waals surface area contributed by atoms with Crippen LogP contribution in [0.3, 0.4) is 0 Å². The molecule has 1 aromatic carbocycles. The standard InChI is InChI=1S/C24H34N2O2S/c1-19(2)18-28-22(21-8-5-4-6-9-21)17-26-13-11-25(12-14-26)16-20(3)24(27)23-10-7-15-29-23/h4-10,15,19-20,22H,11-14,16-18H2,1-3H3. The molecule has 29 heavy (non-hydrogen) atoms. The van der Waals surface area contributed by atoms with E-state index in [4.69, 9.17) is 4.74 Å². The van der Waals surface area contributed by atoms with Crippen LogP contribution in [0.5, 0.6) is 0 Å². The Bertz CT molecular complexity index is 725. The molecule has 0 saturated carbocycles. The average Bonchev–Trinajstić information content (AvgIpc) is 3.27. The van der Waals surface area contributed by atoms with E-state index >= 15 is 0 Å². The Labute approximate surface area is 179 Å². The molecule has 1 saturated heterocycles. The number of Topliss-reactive ketones (excluding diaryl/α,β-unsaturated/α-hetero) is 1. The maximum atomic E-state index is 12.5. The van der Waals surface area contributed by atoms with Crippen LogP contribution in [0.15, 0.2) is 47.8 Å². The summed E-state index contributed by atoms with van der Waals surface area (Å²) in [5.41, 5.74) is 1.26. The molecule has 0 bridgehead atoms. The van der Waals surface area contributed by atoms with Gasteiger partial charge in [0.15, 0.2) is 5.78 Å². The SMILES string of the molecule is CC(C)COC(CN1CCN(CC(C)C(=O)c2cccs2)CC1)c1ccccc1. The van der Waals surface area contributed by atoms with Gasteiger partial charge in [-0.25, -0.2) is 0 Å². The maximum absolute atomic E-state index is 12.5. The topological polar surface area (TPSA) is 32.8 Å². The second-order valence-corrected chi connectivity index (χ2v) is 9.42. The summed E-state index contributed by atoms with van der Waals surface area (Å²) in [6, 6.07) is 14.4. The minimum atomic E-state index is 0.0478. The summed E-state index contributed by atoms with van der Waals surface area (Å²) in [6.07, 6.45) is 0.115. The first-order valence-electron chi connectivity index (χ1n) is 10.7. The summed E-state index contributed by atoms with van der Waals surface area (Å²) in [5, 5.41) is 1.98. The molecule has 0 aliphatic carbocycles. The van der Waals surface area contributed by atoms with Crippen molar-refractivity contribution in [3.05, 3.63) is 58.3 Å². The number of nitrogens with zero attached hydrogens (tertiary/aromatic N) is 2. The van der Waals surface area contributed by atoms with Crippen molar-refractivity contribution in [3.8, 4) is 0 Å². The van der Waals surface area contributed by atoms with Crippen molar-refractivity contribution in [1.82, 2.24) is 9.80 Å². The molecular weight excluding hydrogens is 380 g/mol. The van der Waals surface area contributed by atoms with Crippen molar-refractivity contribution in [2.24, 2.45) is 11.8 Å². The Balaban J connectivity index is 1.49. The van der Waals surface area contributed by atoms with E-state index in [9.17, 15) is 4.79 Å². The lowest BCUT2D eigenvalue weighted by Gasteiger charge is -2.37. The van der Waals surface area contributed by atoms with Crippen LogP contribution in [0.25, 0.3) is 0 Å². The number of carbonyl (C=O) groups is 1. The van der Waals surface area contributed by atoms with E-state index in [1.54, 1.807) is 11.3 Å². The minimum absolute atomic E-state index is 0.0478. The number of rotatable bonds is 10. The zero-order valence-electron chi connectivity index (χ0n) is 17.9. The Hall–Kier alpha value is -1.53. The number of carbonyl (C=O) groups excluding carboxylic acids is 1. The van der Waals surface area contributed by atoms with Crippen molar-refractivity contribution >= 4 is 17.1 Å². The molecule has 2 aromatic rings. The summed E-state index contributed by atoms with van der Waals surface area (Å²) in [4.78, 5) is 18.3. The van der Waals surface area contributed by atoms with E-state index in [1.807, 2.05) is 17.5 Å². The first-order chi connectivity index (χ1) is 14.0. The lowest BCUT2D eigenvalue weighted by Crippen LogP contribution is -2.49. The lowest BCUT2D eigenvalue weighted by molar-refractivity contribution is -0.000149. The van der Waals surface area contributed by atoms with Crippen LogP contribution < -0.4 is 0 Å². The summed E-state index contributed by atoms with van der Waals surface area (Å²) in [5.74, 6) is 0.848. The van der Waals surface area contributed by atoms with Crippen LogP contribution in [0.4, 0.5) is 0 Å². The molecule has 0 N–H and O–H groups in total. The fourth-order valence-electron chi connectivity index (χ4n) is 3.75. The van der Waals surface area contributed by atoms with Gasteiger partial charge in [0.25, 0.3) is 0 Å². The van der Waals surface area contributed by atoms with Gasteiger partial charge in [-0.05, 0) is 22.9 Å². The minimum Gasteiger partial charge on any atom is -0.372 e. The van der Waals surface area contributed by atoms with Gasteiger partial charge in [-0.3, -0.25) is 9.69 Å². The third kappa shape index (κ3) is 6.75. The zero-order valence-corrected chi connectivity index (χ0v) is 18.7. The van der Waals surface area contributed by atoms with Gasteiger partial charge in [0.1, 0.15) is 0 Å². The van der Waals surface area contributed by atoms with Gasteiger partial charge in [-0.15, -0.1) is 11.3 Å². The largest absolute Gasteiger partial charge is 0.372 e. The van der Waals surface area contributed by atoms with Crippen LogP contribution in [0.1, 0.15) is 42.1 Å². The van der Waals surface area contributed by atoms with Crippen LogP contribution >= 0.6 is 11.3 Å². The van der Waals surface area contributed by atoms with E-state index < -0.39 is 0 Å². The quantitative estimate of drug-likeness (QED) is 0.532. The summed E-state index contributed by atoms with van der Waals surface area (Å²) in [6.45, 7) is 13.1. The second kappa shape index (κ2) is 11.0. The third-order valence-electron chi connectivity index (χ3n) is 5.43. The highest BCUT2D eigenvalue weighted by Crippen LogP contribution is 2.21. The van der Waals surface area contributed by atoms with E-state index in [1.165, 1.54) is 5.56 Å². The molecule has 1 aromatic heterocycles. The molecule has 0 radical (unpaired) electrons. The lowest BCUT2D eigenvalue weighted by atomic mass is 10.0. The van der Waals surface area contributed by atoms with Gasteiger partial charge in [0, 0.05) is 51.8 Å². The van der Waals surface area contributed by atoms with Crippen molar-refractivity contribution in [3.63, 3.8) is 0 Å². The first kappa shape index (κ1) is 22.2. The molecule has 5 heteroatoms. The average molecular weight is 415 g/mol. The van der Waals surface area contributed by atoms with Crippen molar-refractivity contribution in [1.29, 1.82) is 0 Å². The van der Waals surface area contributed by atoms with Gasteiger partial charge in [-0.2, -0.15) is 0 Å². The molecule has 2 atom stereocenters. The predicted molar refractivity (Wildman–Crippen MR) is 121 cm³/mol. The van der Waals surface area contributed by atoms with Crippen molar-refractivity contribution < 1.29 is 9.53 Å². The number of piperazine rings is 1. The molecule has 0 spiro atoms. The summed E-state index contributed by atoms with van der Waals surface area (Å²) < 4.78 is 6.26. The Morgan fingerprint density at radius 2 is 1.62 bits per heavy atom. The molecule has 3 rings (SSSR count). The molecule has 1 aliphatic rings. The molecule has 0 amide bonds. The summed E-state index contributed by atoms with van der Waals surface area (Å²) in [7, 11) is 0. The smallest absolute Gasteiger partial charge is 0.176 e. The normalized spacial score (nSPS) is 18.1. The van der Waals surface area contributed by atoms with Crippen LogP contribution in [0.2, 0.25) is 0 Å². The molecule has 1 aliphatic heterocycles. The molecule has 158 valence electrons. The third-order valence-corrected chi connectivity index (χ3v) is 6.32. The summed E-state index contributed by atoms with van der Waals surface area (Å²) >= 11 is 1.54. The fraction of sp³-hybridized carbons (Fsp3) is 0.542. The van der Waals surface area contributed by atoms with Crippen LogP contribution in [-0.2, 0) is 4.74 Å². The Morgan fingerprint density at radius 3 is 2.21 bits per heavy atom. The van der Waals surface area contributed by atoms with Gasteiger partial charge in [0.05, 0.1) is 11.0 Å². The van der Waals surface area contributed by atoms with Gasteiger partial charge < -0.3 is 9.64 Å². The van der Waals surface area contributed by atoms with Crippen LogP contribution in [-0.4, -0.2) is 61.5 Å². The highest BCUT2D eigenvalue weighted by molar-refractivity contribution is 7.12. The van der Waals surface area contributed by atoms with Crippen LogP contribution in [0, 0.1) is 11.8 Å². The number of thiophene rings is 1. The molecular formula is C24H34N2O2S. The Morgan fingerprint density at radius 1 is 0.966 bits per heavy atom. The Kier molecular flexibility index (Phi) is 8.42. The fourth-order valence-corrected chi connectivity index (χ4v) is 4.53. The monoisotopic (exact) mass is 414 g/mol. The second-order valence-electron chi connectivity index (χ2n) is 8.47. The number of benzene rings is 1. The number of hydrogen-bond donors (Lipinski definition) is 0. The zero-order chi connectivity index (χ0) is 20.6. The number of hydrogen-bond acceptors (Lipinski definition) is 5. The molecule has 4 nitrogen and oxygen atoms in total. The van der Waals surface area contributed by atoms with E-state index in [0.717, 1.165) is 50.8 Å². The molecule has 1 fully saturated rings. The van der Waals surface area contributed by atoms with Crippen molar-refractivity contribution in [2.75, 3.05) is 45.9 Å².